The second-order valence-electron chi connectivity index (χ2n) is 5.83. The first kappa shape index (κ1) is 28.1. The molecule has 176 valence electrons. The minimum absolute atomic E-state index is 0.205. The number of anilines is 1. The summed E-state index contributed by atoms with van der Waals surface area (Å²) in [6, 6.07) is 4.07. The fourth-order valence-electron chi connectivity index (χ4n) is 2.19. The smallest absolute Gasteiger partial charge is 0.475 e. The second-order valence-corrected chi connectivity index (χ2v) is 5.83. The molecule has 0 saturated carbocycles. The molecular weight excluding hydrogens is 440 g/mol. The largest absolute Gasteiger partial charge is 0.490 e. The molecule has 0 unspecified atom stereocenters. The standard InChI is InChI=1S/C13H19N3O.2C2HF3O2/c1-2-6-16-8-7-15(9-10-17)11-12-4-3-5-14-13(12)16;2*3-2(4,5)1(6)7/h2-5,17H,1,6-11H2;2*(H,6,7). The monoisotopic (exact) mass is 461 g/mol. The van der Waals surface area contributed by atoms with Crippen molar-refractivity contribution < 1.29 is 51.3 Å². The number of aromatic nitrogens is 1. The van der Waals surface area contributed by atoms with E-state index in [1.165, 1.54) is 5.56 Å². The summed E-state index contributed by atoms with van der Waals surface area (Å²) in [5.41, 5.74) is 1.22. The number of aliphatic hydroxyl groups excluding tert-OH is 1. The van der Waals surface area contributed by atoms with Crippen LogP contribution in [0, 0.1) is 0 Å². The number of aliphatic hydroxyl groups is 1. The van der Waals surface area contributed by atoms with Gasteiger partial charge in [0.25, 0.3) is 0 Å². The molecule has 0 radical (unpaired) electrons. The Morgan fingerprint density at radius 1 is 1.10 bits per heavy atom. The number of carbonyl (C=O) groups is 2. The summed E-state index contributed by atoms with van der Waals surface area (Å²) in [7, 11) is 0. The predicted octanol–water partition coefficient (Wildman–Crippen LogP) is 2.15. The minimum atomic E-state index is -5.08. The number of pyridine rings is 1. The molecule has 1 aromatic heterocycles. The first-order chi connectivity index (χ1) is 14.2. The summed E-state index contributed by atoms with van der Waals surface area (Å²) in [6.45, 7) is 8.27. The normalized spacial score (nSPS) is 14.1. The highest BCUT2D eigenvalue weighted by Gasteiger charge is 2.38. The maximum absolute atomic E-state index is 10.6. The van der Waals surface area contributed by atoms with Crippen LogP contribution in [-0.2, 0) is 16.1 Å². The number of carboxylic acids is 2. The van der Waals surface area contributed by atoms with Gasteiger partial charge >= 0.3 is 24.3 Å². The number of alkyl halides is 6. The van der Waals surface area contributed by atoms with E-state index in [2.05, 4.69) is 27.4 Å². The second kappa shape index (κ2) is 12.7. The molecule has 31 heavy (non-hydrogen) atoms. The molecule has 2 rings (SSSR count). The van der Waals surface area contributed by atoms with Gasteiger partial charge in [0.2, 0.25) is 0 Å². The van der Waals surface area contributed by atoms with Crippen molar-refractivity contribution in [2.45, 2.75) is 18.9 Å². The topological polar surface area (TPSA) is 114 Å². The highest BCUT2D eigenvalue weighted by molar-refractivity contribution is 5.73. The molecule has 1 aromatic rings. The van der Waals surface area contributed by atoms with E-state index in [0.29, 0.717) is 0 Å². The van der Waals surface area contributed by atoms with Crippen molar-refractivity contribution in [1.29, 1.82) is 0 Å². The molecule has 1 aliphatic heterocycles. The lowest BCUT2D eigenvalue weighted by Gasteiger charge is -2.21. The Morgan fingerprint density at radius 2 is 1.61 bits per heavy atom. The number of nitrogens with zero attached hydrogens (tertiary/aromatic N) is 3. The molecule has 8 nitrogen and oxygen atoms in total. The van der Waals surface area contributed by atoms with Crippen LogP contribution in [0.5, 0.6) is 0 Å². The zero-order valence-electron chi connectivity index (χ0n) is 16.0. The van der Waals surface area contributed by atoms with Crippen LogP contribution in [0.3, 0.4) is 0 Å². The Labute approximate surface area is 173 Å². The number of carboxylic acid groups (broad SMARTS) is 2. The van der Waals surface area contributed by atoms with Gasteiger partial charge in [0.15, 0.2) is 0 Å². The number of aliphatic carboxylic acids is 2. The van der Waals surface area contributed by atoms with Crippen molar-refractivity contribution in [3.05, 3.63) is 36.5 Å². The molecule has 0 atom stereocenters. The van der Waals surface area contributed by atoms with Crippen LogP contribution in [-0.4, -0.2) is 82.3 Å². The van der Waals surface area contributed by atoms with Gasteiger partial charge in [-0.2, -0.15) is 26.3 Å². The summed E-state index contributed by atoms with van der Waals surface area (Å²) in [4.78, 5) is 26.7. The average molecular weight is 461 g/mol. The van der Waals surface area contributed by atoms with Crippen LogP contribution in [0.2, 0.25) is 0 Å². The Balaban J connectivity index is 0.000000536. The van der Waals surface area contributed by atoms with E-state index in [-0.39, 0.29) is 6.61 Å². The van der Waals surface area contributed by atoms with E-state index < -0.39 is 24.3 Å². The van der Waals surface area contributed by atoms with Crippen molar-refractivity contribution in [2.75, 3.05) is 37.7 Å². The number of fused-ring (bicyclic) bond motifs is 1. The number of halogens is 6. The van der Waals surface area contributed by atoms with Gasteiger partial charge in [0, 0.05) is 44.5 Å². The van der Waals surface area contributed by atoms with E-state index in [1.807, 2.05) is 18.3 Å². The first-order valence-electron chi connectivity index (χ1n) is 8.47. The summed E-state index contributed by atoms with van der Waals surface area (Å²) in [6.07, 6.45) is -6.43. The molecule has 0 fully saturated rings. The molecule has 0 aliphatic carbocycles. The van der Waals surface area contributed by atoms with Gasteiger partial charge in [-0.25, -0.2) is 14.6 Å². The highest BCUT2D eigenvalue weighted by atomic mass is 19.4. The fraction of sp³-hybridized carbons (Fsp3) is 0.471. The molecule has 0 amide bonds. The van der Waals surface area contributed by atoms with Crippen molar-refractivity contribution in [1.82, 2.24) is 9.88 Å². The highest BCUT2D eigenvalue weighted by Crippen LogP contribution is 2.21. The summed E-state index contributed by atoms with van der Waals surface area (Å²) in [5, 5.41) is 23.3. The number of hydrogen-bond donors (Lipinski definition) is 3. The van der Waals surface area contributed by atoms with Crippen LogP contribution in [0.25, 0.3) is 0 Å². The Morgan fingerprint density at radius 3 is 2.03 bits per heavy atom. The third-order valence-corrected chi connectivity index (χ3v) is 3.50. The molecule has 2 heterocycles. The van der Waals surface area contributed by atoms with Gasteiger partial charge in [0.05, 0.1) is 6.61 Å². The van der Waals surface area contributed by atoms with Crippen molar-refractivity contribution >= 4 is 17.8 Å². The summed E-state index contributed by atoms with van der Waals surface area (Å²) < 4.78 is 63.5. The van der Waals surface area contributed by atoms with Crippen LogP contribution in [0.4, 0.5) is 32.2 Å². The minimum Gasteiger partial charge on any atom is -0.475 e. The van der Waals surface area contributed by atoms with Crippen molar-refractivity contribution in [2.24, 2.45) is 0 Å². The summed E-state index contributed by atoms with van der Waals surface area (Å²) in [5.74, 6) is -4.46. The quantitative estimate of drug-likeness (QED) is 0.462. The molecule has 3 N–H and O–H groups in total. The van der Waals surface area contributed by atoms with Gasteiger partial charge < -0.3 is 20.2 Å². The average Bonchev–Trinajstić information content (AvgIpc) is 2.81. The maximum atomic E-state index is 10.6. The molecular formula is C17H21F6N3O5. The van der Waals surface area contributed by atoms with Gasteiger partial charge in [-0.3, -0.25) is 4.90 Å². The van der Waals surface area contributed by atoms with E-state index in [0.717, 1.165) is 38.5 Å². The zero-order chi connectivity index (χ0) is 24.2. The summed E-state index contributed by atoms with van der Waals surface area (Å²) >= 11 is 0. The third-order valence-electron chi connectivity index (χ3n) is 3.50. The predicted molar refractivity (Wildman–Crippen MR) is 96.4 cm³/mol. The van der Waals surface area contributed by atoms with Gasteiger partial charge in [0.1, 0.15) is 5.82 Å². The van der Waals surface area contributed by atoms with E-state index in [4.69, 9.17) is 24.9 Å². The van der Waals surface area contributed by atoms with Crippen molar-refractivity contribution in [3.8, 4) is 0 Å². The molecule has 0 aromatic carbocycles. The molecule has 0 saturated heterocycles. The molecule has 14 heteroatoms. The van der Waals surface area contributed by atoms with Crippen LogP contribution in [0.15, 0.2) is 31.0 Å². The van der Waals surface area contributed by atoms with Gasteiger partial charge in [-0.05, 0) is 6.07 Å². The third kappa shape index (κ3) is 11.2. The van der Waals surface area contributed by atoms with E-state index in [1.54, 1.807) is 0 Å². The van der Waals surface area contributed by atoms with E-state index in [9.17, 15) is 26.3 Å². The van der Waals surface area contributed by atoms with E-state index >= 15 is 0 Å². The number of rotatable bonds is 4. The Bertz CT molecular complexity index is 703. The number of hydrogen-bond acceptors (Lipinski definition) is 6. The lowest BCUT2D eigenvalue weighted by atomic mass is 10.2. The Hall–Kier alpha value is -2.87. The van der Waals surface area contributed by atoms with Crippen LogP contribution < -0.4 is 4.90 Å². The Kier molecular flexibility index (Phi) is 11.6. The maximum Gasteiger partial charge on any atom is 0.490 e. The molecule has 1 aliphatic rings. The van der Waals surface area contributed by atoms with Crippen LogP contribution in [0.1, 0.15) is 5.56 Å². The fourth-order valence-corrected chi connectivity index (χ4v) is 2.19. The van der Waals surface area contributed by atoms with Gasteiger partial charge in [-0.15, -0.1) is 6.58 Å². The van der Waals surface area contributed by atoms with Crippen LogP contribution >= 0.6 is 0 Å². The van der Waals surface area contributed by atoms with Crippen molar-refractivity contribution in [3.63, 3.8) is 0 Å². The molecule has 0 bridgehead atoms. The first-order valence-corrected chi connectivity index (χ1v) is 8.47. The zero-order valence-corrected chi connectivity index (χ0v) is 16.0. The van der Waals surface area contributed by atoms with Gasteiger partial charge in [-0.1, -0.05) is 12.1 Å². The molecule has 0 spiro atoms. The number of β-amino-alcohol motifs (C(OH)–C–C–N with tert-alkyl or cyclic N) is 1. The lowest BCUT2D eigenvalue weighted by Crippen LogP contribution is -2.33. The SMILES string of the molecule is C=CCN1CCN(CCO)Cc2cccnc21.O=C(O)C(F)(F)F.O=C(O)C(F)(F)F. The lowest BCUT2D eigenvalue weighted by molar-refractivity contribution is -0.193.